The molecule has 0 saturated carbocycles. The van der Waals surface area contributed by atoms with Crippen molar-refractivity contribution >= 4 is 23.3 Å². The van der Waals surface area contributed by atoms with Gasteiger partial charge in [0.25, 0.3) is 5.69 Å². The molecule has 0 unspecified atom stereocenters. The summed E-state index contributed by atoms with van der Waals surface area (Å²) < 4.78 is 0. The Hall–Kier alpha value is -2.89. The molecular formula is C19H22N4O2. The predicted octanol–water partition coefficient (Wildman–Crippen LogP) is 4.42. The van der Waals surface area contributed by atoms with Crippen molar-refractivity contribution in [2.45, 2.75) is 25.7 Å². The fraction of sp³-hybridized carbons (Fsp3) is 0.316. The van der Waals surface area contributed by atoms with E-state index >= 15 is 0 Å². The van der Waals surface area contributed by atoms with Crippen molar-refractivity contribution in [3.05, 3.63) is 64.2 Å². The van der Waals surface area contributed by atoms with Gasteiger partial charge < -0.3 is 4.90 Å². The van der Waals surface area contributed by atoms with Gasteiger partial charge in [0.05, 0.1) is 16.8 Å². The highest BCUT2D eigenvalue weighted by Gasteiger charge is 2.09. The molecule has 0 atom stereocenters. The topological polar surface area (TPSA) is 70.8 Å². The molecule has 0 bridgehead atoms. The fourth-order valence-corrected chi connectivity index (χ4v) is 2.94. The summed E-state index contributed by atoms with van der Waals surface area (Å²) in [5, 5.41) is 14.8. The van der Waals surface area contributed by atoms with Gasteiger partial charge in [0.1, 0.15) is 0 Å². The van der Waals surface area contributed by atoms with Gasteiger partial charge in [-0.1, -0.05) is 25.0 Å². The number of nitrogens with zero attached hydrogens (tertiary/aromatic N) is 3. The molecule has 6 nitrogen and oxygen atoms in total. The summed E-state index contributed by atoms with van der Waals surface area (Å²) in [6.45, 7) is 2.27. The highest BCUT2D eigenvalue weighted by molar-refractivity contribution is 5.81. The van der Waals surface area contributed by atoms with Crippen LogP contribution in [0.2, 0.25) is 0 Å². The van der Waals surface area contributed by atoms with Gasteiger partial charge in [-0.3, -0.25) is 15.5 Å². The van der Waals surface area contributed by atoms with Gasteiger partial charge in [-0.2, -0.15) is 5.10 Å². The Morgan fingerprint density at radius 1 is 0.960 bits per heavy atom. The van der Waals surface area contributed by atoms with E-state index in [1.807, 2.05) is 0 Å². The first-order valence-corrected chi connectivity index (χ1v) is 8.61. The van der Waals surface area contributed by atoms with Crippen LogP contribution in [0.15, 0.2) is 53.6 Å². The van der Waals surface area contributed by atoms with E-state index in [4.69, 9.17) is 0 Å². The molecule has 130 valence electrons. The van der Waals surface area contributed by atoms with E-state index in [-0.39, 0.29) is 5.69 Å². The molecule has 1 N–H and O–H groups in total. The summed E-state index contributed by atoms with van der Waals surface area (Å²) in [6.07, 6.45) is 6.93. The van der Waals surface area contributed by atoms with Crippen LogP contribution >= 0.6 is 0 Å². The normalized spacial score (nSPS) is 15.1. The first kappa shape index (κ1) is 17.0. The third-order valence-corrected chi connectivity index (χ3v) is 4.35. The maximum absolute atomic E-state index is 10.6. The van der Waals surface area contributed by atoms with Crippen LogP contribution in [0, 0.1) is 10.1 Å². The lowest BCUT2D eigenvalue weighted by molar-refractivity contribution is -0.384. The van der Waals surface area contributed by atoms with Gasteiger partial charge >= 0.3 is 0 Å². The molecule has 1 aliphatic heterocycles. The van der Waals surface area contributed by atoms with E-state index in [2.05, 4.69) is 39.7 Å². The highest BCUT2D eigenvalue weighted by atomic mass is 16.6. The summed E-state index contributed by atoms with van der Waals surface area (Å²) in [5.41, 5.74) is 5.93. The number of hydrazone groups is 1. The maximum Gasteiger partial charge on any atom is 0.269 e. The molecule has 2 aromatic carbocycles. The summed E-state index contributed by atoms with van der Waals surface area (Å²) in [5.74, 6) is 0. The van der Waals surface area contributed by atoms with Gasteiger partial charge in [0, 0.05) is 30.9 Å². The molecule has 0 amide bonds. The maximum atomic E-state index is 10.6. The summed E-state index contributed by atoms with van der Waals surface area (Å²) >= 11 is 0. The van der Waals surface area contributed by atoms with Crippen molar-refractivity contribution in [2.24, 2.45) is 5.10 Å². The number of hydrogen-bond acceptors (Lipinski definition) is 5. The number of benzene rings is 2. The van der Waals surface area contributed by atoms with E-state index in [1.54, 1.807) is 18.3 Å². The first-order chi connectivity index (χ1) is 12.2. The Labute approximate surface area is 147 Å². The molecule has 1 fully saturated rings. The predicted molar refractivity (Wildman–Crippen MR) is 101 cm³/mol. The molecule has 0 aromatic heterocycles. The minimum atomic E-state index is -0.418. The number of hydrogen-bond donors (Lipinski definition) is 1. The zero-order valence-corrected chi connectivity index (χ0v) is 14.1. The summed E-state index contributed by atoms with van der Waals surface area (Å²) in [6, 6.07) is 14.6. The minimum Gasteiger partial charge on any atom is -0.372 e. The van der Waals surface area contributed by atoms with Crippen LogP contribution in [-0.2, 0) is 0 Å². The molecule has 25 heavy (non-hydrogen) atoms. The molecule has 3 rings (SSSR count). The Kier molecular flexibility index (Phi) is 5.61. The number of nitro benzene ring substituents is 1. The molecular weight excluding hydrogens is 316 g/mol. The molecule has 0 radical (unpaired) electrons. The van der Waals surface area contributed by atoms with Crippen LogP contribution in [0.3, 0.4) is 0 Å². The first-order valence-electron chi connectivity index (χ1n) is 8.61. The Morgan fingerprint density at radius 2 is 1.60 bits per heavy atom. The average molecular weight is 338 g/mol. The van der Waals surface area contributed by atoms with E-state index in [1.165, 1.54) is 43.5 Å². The SMILES string of the molecule is O=[N+]([O-])c1ccc(N/N=C/c2ccc(N3CCCCCC3)cc2)cc1. The van der Waals surface area contributed by atoms with Crippen molar-refractivity contribution in [1.82, 2.24) is 0 Å². The van der Waals surface area contributed by atoms with Crippen LogP contribution in [0.25, 0.3) is 0 Å². The molecule has 1 saturated heterocycles. The van der Waals surface area contributed by atoms with Crippen LogP contribution < -0.4 is 10.3 Å². The number of non-ortho nitro benzene ring substituents is 1. The standard InChI is InChI=1S/C19H22N4O2/c24-23(25)19-11-7-17(8-12-19)21-20-15-16-5-9-18(10-6-16)22-13-3-1-2-4-14-22/h5-12,15,21H,1-4,13-14H2/b20-15+. The second kappa shape index (κ2) is 8.28. The molecule has 6 heteroatoms. The van der Waals surface area contributed by atoms with Crippen LogP contribution in [0.1, 0.15) is 31.2 Å². The zero-order valence-electron chi connectivity index (χ0n) is 14.1. The van der Waals surface area contributed by atoms with Crippen LogP contribution in [-0.4, -0.2) is 24.2 Å². The Balaban J connectivity index is 1.57. The van der Waals surface area contributed by atoms with Gasteiger partial charge in [0.2, 0.25) is 0 Å². The number of anilines is 2. The molecule has 0 spiro atoms. The lowest BCUT2D eigenvalue weighted by Crippen LogP contribution is -2.23. The Morgan fingerprint density at radius 3 is 2.20 bits per heavy atom. The summed E-state index contributed by atoms with van der Waals surface area (Å²) in [4.78, 5) is 12.7. The van der Waals surface area contributed by atoms with Gasteiger partial charge in [0.15, 0.2) is 0 Å². The number of nitro groups is 1. The van der Waals surface area contributed by atoms with Gasteiger partial charge in [-0.05, 0) is 42.7 Å². The van der Waals surface area contributed by atoms with E-state index in [0.29, 0.717) is 5.69 Å². The summed E-state index contributed by atoms with van der Waals surface area (Å²) in [7, 11) is 0. The van der Waals surface area contributed by atoms with Crippen molar-refractivity contribution in [3.63, 3.8) is 0 Å². The quantitative estimate of drug-likeness (QED) is 0.498. The fourth-order valence-electron chi connectivity index (χ4n) is 2.94. The van der Waals surface area contributed by atoms with Crippen molar-refractivity contribution in [2.75, 3.05) is 23.4 Å². The third-order valence-electron chi connectivity index (χ3n) is 4.35. The largest absolute Gasteiger partial charge is 0.372 e. The molecule has 0 aliphatic carbocycles. The van der Waals surface area contributed by atoms with Crippen molar-refractivity contribution in [1.29, 1.82) is 0 Å². The van der Waals surface area contributed by atoms with Crippen molar-refractivity contribution in [3.8, 4) is 0 Å². The molecule has 1 heterocycles. The Bertz CT molecular complexity index is 718. The van der Waals surface area contributed by atoms with E-state index in [9.17, 15) is 10.1 Å². The second-order valence-electron chi connectivity index (χ2n) is 6.17. The molecule has 1 aliphatic rings. The van der Waals surface area contributed by atoms with Crippen LogP contribution in [0.5, 0.6) is 0 Å². The number of rotatable bonds is 5. The van der Waals surface area contributed by atoms with E-state index in [0.717, 1.165) is 18.7 Å². The lowest BCUT2D eigenvalue weighted by Gasteiger charge is -2.22. The monoisotopic (exact) mass is 338 g/mol. The lowest BCUT2D eigenvalue weighted by atomic mass is 10.2. The van der Waals surface area contributed by atoms with Gasteiger partial charge in [-0.15, -0.1) is 0 Å². The third kappa shape index (κ3) is 4.79. The minimum absolute atomic E-state index is 0.0682. The van der Waals surface area contributed by atoms with Crippen LogP contribution in [0.4, 0.5) is 17.1 Å². The van der Waals surface area contributed by atoms with Crippen molar-refractivity contribution < 1.29 is 4.92 Å². The van der Waals surface area contributed by atoms with E-state index < -0.39 is 4.92 Å². The zero-order chi connectivity index (χ0) is 17.5. The smallest absolute Gasteiger partial charge is 0.269 e. The highest BCUT2D eigenvalue weighted by Crippen LogP contribution is 2.20. The average Bonchev–Trinajstić information content (AvgIpc) is 2.92. The number of nitrogens with one attached hydrogen (secondary N) is 1. The van der Waals surface area contributed by atoms with Gasteiger partial charge in [-0.25, -0.2) is 0 Å². The second-order valence-corrected chi connectivity index (χ2v) is 6.17. The molecule has 2 aromatic rings.